The van der Waals surface area contributed by atoms with Gasteiger partial charge in [0.05, 0.1) is 20.3 Å². The van der Waals surface area contributed by atoms with Crippen LogP contribution in [0.5, 0.6) is 11.5 Å². The maximum absolute atomic E-state index is 12.4. The van der Waals surface area contributed by atoms with Crippen LogP contribution in [0.1, 0.15) is 48.6 Å². The smallest absolute Gasteiger partial charge is 0.315 e. The molecule has 1 heterocycles. The second kappa shape index (κ2) is 10.5. The zero-order valence-electron chi connectivity index (χ0n) is 19.3. The zero-order chi connectivity index (χ0) is 22.4. The predicted molar refractivity (Wildman–Crippen MR) is 124 cm³/mol. The van der Waals surface area contributed by atoms with Crippen molar-refractivity contribution in [3.63, 3.8) is 0 Å². The molecule has 0 saturated heterocycles. The minimum absolute atomic E-state index is 0.0236. The molecule has 2 atom stereocenters. The average molecular weight is 426 g/mol. The molecule has 0 radical (unpaired) electrons. The van der Waals surface area contributed by atoms with Crippen LogP contribution in [0.4, 0.5) is 4.79 Å². The van der Waals surface area contributed by atoms with Crippen molar-refractivity contribution in [1.29, 1.82) is 0 Å². The van der Waals surface area contributed by atoms with Gasteiger partial charge in [0.15, 0.2) is 11.5 Å². The van der Waals surface area contributed by atoms with Crippen LogP contribution in [-0.4, -0.2) is 44.3 Å². The molecule has 0 spiro atoms. The molecule has 31 heavy (non-hydrogen) atoms. The Morgan fingerprint density at radius 2 is 1.90 bits per heavy atom. The largest absolute Gasteiger partial charge is 0.493 e. The molecule has 3 rings (SSSR count). The maximum Gasteiger partial charge on any atom is 0.315 e. The summed E-state index contributed by atoms with van der Waals surface area (Å²) in [4.78, 5) is 14.9. The number of benzene rings is 2. The molecule has 6 nitrogen and oxygen atoms in total. The van der Waals surface area contributed by atoms with E-state index >= 15 is 0 Å². The predicted octanol–water partition coefficient (Wildman–Crippen LogP) is 4.21. The number of nitrogens with zero attached hydrogens (tertiary/aromatic N) is 1. The third-order valence-corrected chi connectivity index (χ3v) is 6.03. The number of urea groups is 1. The van der Waals surface area contributed by atoms with Crippen LogP contribution in [0.25, 0.3) is 0 Å². The molecule has 6 heteroatoms. The Morgan fingerprint density at radius 3 is 2.58 bits per heavy atom. The van der Waals surface area contributed by atoms with E-state index in [0.29, 0.717) is 12.3 Å². The van der Waals surface area contributed by atoms with E-state index in [-0.39, 0.29) is 18.1 Å². The van der Waals surface area contributed by atoms with E-state index in [1.54, 1.807) is 14.2 Å². The summed E-state index contributed by atoms with van der Waals surface area (Å²) in [7, 11) is 3.32. The van der Waals surface area contributed by atoms with Gasteiger partial charge in [-0.15, -0.1) is 0 Å². The van der Waals surface area contributed by atoms with Gasteiger partial charge < -0.3 is 20.1 Å². The highest BCUT2D eigenvalue weighted by Gasteiger charge is 2.34. The van der Waals surface area contributed by atoms with E-state index in [0.717, 1.165) is 31.7 Å². The standard InChI is InChI=1S/C25H35N3O3/c1-6-12-26-25(29)27-18(3)24-21-15-23(31-5)22(30-4)14-19(21)11-13-28(24)16-20-10-8-7-9-17(20)2/h7-10,14-15,18,24H,6,11-13,16H2,1-5H3,(H2,26,27,29)/t18-,24+/m1/s1. The Hall–Kier alpha value is -2.73. The molecule has 2 N–H and O–H groups in total. The van der Waals surface area contributed by atoms with Gasteiger partial charge in [0.2, 0.25) is 0 Å². The zero-order valence-corrected chi connectivity index (χ0v) is 19.3. The molecule has 1 aliphatic rings. The lowest BCUT2D eigenvalue weighted by atomic mass is 9.87. The first-order chi connectivity index (χ1) is 15.0. The van der Waals surface area contributed by atoms with Gasteiger partial charge in [-0.25, -0.2) is 4.79 Å². The van der Waals surface area contributed by atoms with Gasteiger partial charge in [-0.05, 0) is 61.1 Å². The molecule has 2 aromatic rings. The van der Waals surface area contributed by atoms with Crippen molar-refractivity contribution in [3.05, 3.63) is 58.7 Å². The van der Waals surface area contributed by atoms with Crippen molar-refractivity contribution < 1.29 is 14.3 Å². The van der Waals surface area contributed by atoms with Gasteiger partial charge in [0.25, 0.3) is 0 Å². The van der Waals surface area contributed by atoms with E-state index in [4.69, 9.17) is 9.47 Å². The number of nitrogens with one attached hydrogen (secondary N) is 2. The van der Waals surface area contributed by atoms with E-state index in [1.165, 1.54) is 22.3 Å². The lowest BCUT2D eigenvalue weighted by molar-refractivity contribution is 0.143. The molecule has 0 unspecified atom stereocenters. The van der Waals surface area contributed by atoms with Crippen molar-refractivity contribution in [2.45, 2.75) is 52.2 Å². The van der Waals surface area contributed by atoms with E-state index in [2.05, 4.69) is 65.8 Å². The van der Waals surface area contributed by atoms with Crippen LogP contribution in [0.2, 0.25) is 0 Å². The summed E-state index contributed by atoms with van der Waals surface area (Å²) in [5, 5.41) is 6.09. The number of fused-ring (bicyclic) bond motifs is 1. The lowest BCUT2D eigenvalue weighted by Crippen LogP contribution is -2.50. The summed E-state index contributed by atoms with van der Waals surface area (Å²) in [6.07, 6.45) is 1.83. The number of hydrogen-bond donors (Lipinski definition) is 2. The van der Waals surface area contributed by atoms with Crippen molar-refractivity contribution >= 4 is 6.03 Å². The second-order valence-electron chi connectivity index (χ2n) is 8.19. The molecule has 168 valence electrons. The number of aryl methyl sites for hydroxylation is 1. The average Bonchev–Trinajstić information content (AvgIpc) is 2.77. The van der Waals surface area contributed by atoms with Crippen LogP contribution in [-0.2, 0) is 13.0 Å². The Bertz CT molecular complexity index is 900. The highest BCUT2D eigenvalue weighted by atomic mass is 16.5. The van der Waals surface area contributed by atoms with Gasteiger partial charge >= 0.3 is 6.03 Å². The summed E-state index contributed by atoms with van der Waals surface area (Å²) in [6, 6.07) is 12.5. The third kappa shape index (κ3) is 5.31. The SMILES string of the molecule is CCCNC(=O)N[C@H](C)[C@H]1c2cc(OC)c(OC)cc2CCN1Cc1ccccc1C. The molecule has 0 saturated carbocycles. The molecule has 0 bridgehead atoms. The van der Waals surface area contributed by atoms with Crippen molar-refractivity contribution in [1.82, 2.24) is 15.5 Å². The summed E-state index contributed by atoms with van der Waals surface area (Å²) >= 11 is 0. The van der Waals surface area contributed by atoms with Crippen molar-refractivity contribution in [3.8, 4) is 11.5 Å². The summed E-state index contributed by atoms with van der Waals surface area (Å²) in [6.45, 7) is 8.67. The van der Waals surface area contributed by atoms with Crippen LogP contribution in [0.3, 0.4) is 0 Å². The molecular weight excluding hydrogens is 390 g/mol. The van der Waals surface area contributed by atoms with Gasteiger partial charge in [-0.3, -0.25) is 4.90 Å². The lowest BCUT2D eigenvalue weighted by Gasteiger charge is -2.41. The van der Waals surface area contributed by atoms with E-state index in [9.17, 15) is 4.79 Å². The normalized spacial score (nSPS) is 16.9. The maximum atomic E-state index is 12.4. The number of carbonyl (C=O) groups is 1. The highest BCUT2D eigenvalue weighted by molar-refractivity contribution is 5.74. The number of amides is 2. The summed E-state index contributed by atoms with van der Waals surface area (Å²) in [5.74, 6) is 1.46. The van der Waals surface area contributed by atoms with E-state index in [1.807, 2.05) is 6.92 Å². The molecule has 0 aromatic heterocycles. The number of ether oxygens (including phenoxy) is 2. The number of carbonyl (C=O) groups excluding carboxylic acids is 1. The Balaban J connectivity index is 1.95. The first-order valence-corrected chi connectivity index (χ1v) is 11.1. The number of methoxy groups -OCH3 is 2. The van der Waals surface area contributed by atoms with Gasteiger partial charge in [-0.1, -0.05) is 31.2 Å². The minimum Gasteiger partial charge on any atom is -0.493 e. The fourth-order valence-electron chi connectivity index (χ4n) is 4.37. The van der Waals surface area contributed by atoms with Gasteiger partial charge in [0.1, 0.15) is 0 Å². The molecule has 2 aromatic carbocycles. The van der Waals surface area contributed by atoms with Crippen molar-refractivity contribution in [2.75, 3.05) is 27.3 Å². The quantitative estimate of drug-likeness (QED) is 0.665. The molecular formula is C25H35N3O3. The monoisotopic (exact) mass is 425 g/mol. The third-order valence-electron chi connectivity index (χ3n) is 6.03. The summed E-state index contributed by atoms with van der Waals surface area (Å²) < 4.78 is 11.1. The van der Waals surface area contributed by atoms with Crippen molar-refractivity contribution in [2.24, 2.45) is 0 Å². The topological polar surface area (TPSA) is 62.8 Å². The summed E-state index contributed by atoms with van der Waals surface area (Å²) in [5.41, 5.74) is 5.01. The number of hydrogen-bond acceptors (Lipinski definition) is 4. The minimum atomic E-state index is -0.127. The molecule has 2 amide bonds. The van der Waals surface area contributed by atoms with Gasteiger partial charge in [0, 0.05) is 25.7 Å². The Labute approximate surface area is 185 Å². The fraction of sp³-hybridized carbons (Fsp3) is 0.480. The molecule has 0 fully saturated rings. The highest BCUT2D eigenvalue weighted by Crippen LogP contribution is 2.40. The van der Waals surface area contributed by atoms with Crippen LogP contribution in [0, 0.1) is 6.92 Å². The fourth-order valence-corrected chi connectivity index (χ4v) is 4.37. The second-order valence-corrected chi connectivity index (χ2v) is 8.19. The van der Waals surface area contributed by atoms with Crippen LogP contribution in [0.15, 0.2) is 36.4 Å². The molecule has 0 aliphatic carbocycles. The van der Waals surface area contributed by atoms with E-state index < -0.39 is 0 Å². The van der Waals surface area contributed by atoms with Crippen LogP contribution < -0.4 is 20.1 Å². The first kappa shape index (κ1) is 22.9. The Morgan fingerprint density at radius 1 is 1.19 bits per heavy atom. The van der Waals surface area contributed by atoms with Crippen LogP contribution >= 0.6 is 0 Å². The van der Waals surface area contributed by atoms with Gasteiger partial charge in [-0.2, -0.15) is 0 Å². The Kier molecular flexibility index (Phi) is 7.80. The number of rotatable bonds is 8. The molecule has 1 aliphatic heterocycles. The first-order valence-electron chi connectivity index (χ1n) is 11.1.